The molecule has 1 aromatic heterocycles. The van der Waals surface area contributed by atoms with Crippen molar-refractivity contribution in [2.24, 2.45) is 5.73 Å². The average Bonchev–Trinajstić information content (AvgIpc) is 2.78. The number of thiazole rings is 1. The highest BCUT2D eigenvalue weighted by atomic mass is 32.1. The summed E-state index contributed by atoms with van der Waals surface area (Å²) in [7, 11) is 0. The predicted molar refractivity (Wildman–Crippen MR) is 67.7 cm³/mol. The summed E-state index contributed by atoms with van der Waals surface area (Å²) < 4.78 is 0. The van der Waals surface area contributed by atoms with Gasteiger partial charge in [-0.25, -0.2) is 4.98 Å². The lowest BCUT2D eigenvalue weighted by atomic mass is 10.1. The summed E-state index contributed by atoms with van der Waals surface area (Å²) >= 11 is 1.51. The highest BCUT2D eigenvalue weighted by molar-refractivity contribution is 7.09. The minimum absolute atomic E-state index is 0.0609. The van der Waals surface area contributed by atoms with Gasteiger partial charge < -0.3 is 16.4 Å². The minimum atomic E-state index is 0.0609. The van der Waals surface area contributed by atoms with Crippen LogP contribution in [0.3, 0.4) is 0 Å². The summed E-state index contributed by atoms with van der Waals surface area (Å²) in [5.41, 5.74) is 6.30. The molecule has 2 heterocycles. The zero-order valence-electron chi connectivity index (χ0n) is 9.74. The second-order valence-electron chi connectivity index (χ2n) is 4.21. The Labute approximate surface area is 105 Å². The maximum absolute atomic E-state index is 11.8. The van der Waals surface area contributed by atoms with Crippen molar-refractivity contribution in [1.29, 1.82) is 0 Å². The standard InChI is InChI=1S/C11H18N4OS/c12-6-11-15-9(7-17-11)5-10(16)14-8-1-3-13-4-2-8/h7-8,13H,1-6,12H2,(H,14,16). The first-order valence-corrected chi connectivity index (χ1v) is 6.79. The molecular formula is C11H18N4OS. The third-order valence-corrected chi connectivity index (χ3v) is 3.74. The highest BCUT2D eigenvalue weighted by Gasteiger charge is 2.16. The first-order valence-electron chi connectivity index (χ1n) is 5.91. The minimum Gasteiger partial charge on any atom is -0.353 e. The Kier molecular flexibility index (Phi) is 4.47. The van der Waals surface area contributed by atoms with Gasteiger partial charge in [0.2, 0.25) is 5.91 Å². The van der Waals surface area contributed by atoms with E-state index in [0.29, 0.717) is 19.0 Å². The molecule has 1 amide bonds. The third kappa shape index (κ3) is 3.76. The first kappa shape index (κ1) is 12.5. The van der Waals surface area contributed by atoms with Gasteiger partial charge in [-0.05, 0) is 25.9 Å². The number of carbonyl (C=O) groups excluding carboxylic acids is 1. The molecule has 0 aromatic carbocycles. The van der Waals surface area contributed by atoms with Crippen molar-refractivity contribution in [3.8, 4) is 0 Å². The smallest absolute Gasteiger partial charge is 0.226 e. The maximum atomic E-state index is 11.8. The largest absolute Gasteiger partial charge is 0.353 e. The van der Waals surface area contributed by atoms with Crippen molar-refractivity contribution in [3.63, 3.8) is 0 Å². The second kappa shape index (κ2) is 6.09. The normalized spacial score (nSPS) is 17.0. The number of rotatable bonds is 4. The Hall–Kier alpha value is -0.980. The summed E-state index contributed by atoms with van der Waals surface area (Å²) in [5.74, 6) is 0.0609. The molecule has 4 N–H and O–H groups in total. The van der Waals surface area contributed by atoms with E-state index < -0.39 is 0 Å². The molecule has 0 atom stereocenters. The van der Waals surface area contributed by atoms with Crippen LogP contribution in [0.2, 0.25) is 0 Å². The van der Waals surface area contributed by atoms with Crippen LogP contribution in [0, 0.1) is 0 Å². The van der Waals surface area contributed by atoms with E-state index in [9.17, 15) is 4.79 Å². The molecule has 17 heavy (non-hydrogen) atoms. The number of hydrogen-bond acceptors (Lipinski definition) is 5. The highest BCUT2D eigenvalue weighted by Crippen LogP contribution is 2.10. The number of amides is 1. The summed E-state index contributed by atoms with van der Waals surface area (Å²) in [5, 5.41) is 9.11. The molecule has 0 saturated carbocycles. The van der Waals surface area contributed by atoms with Gasteiger partial charge in [-0.15, -0.1) is 11.3 Å². The topological polar surface area (TPSA) is 80.0 Å². The number of piperidine rings is 1. The number of nitrogens with zero attached hydrogens (tertiary/aromatic N) is 1. The molecule has 0 aliphatic carbocycles. The van der Waals surface area contributed by atoms with Gasteiger partial charge in [0.15, 0.2) is 0 Å². The Morgan fingerprint density at radius 3 is 3.00 bits per heavy atom. The maximum Gasteiger partial charge on any atom is 0.226 e. The van der Waals surface area contributed by atoms with Crippen molar-refractivity contribution >= 4 is 17.2 Å². The zero-order chi connectivity index (χ0) is 12.1. The Bertz CT molecular complexity index is 373. The van der Waals surface area contributed by atoms with E-state index >= 15 is 0 Å². The number of nitrogens with two attached hydrogens (primary N) is 1. The van der Waals surface area contributed by atoms with Crippen LogP contribution < -0.4 is 16.4 Å². The van der Waals surface area contributed by atoms with Gasteiger partial charge >= 0.3 is 0 Å². The summed E-state index contributed by atoms with van der Waals surface area (Å²) in [4.78, 5) is 16.1. The Morgan fingerprint density at radius 2 is 2.35 bits per heavy atom. The molecule has 1 aliphatic heterocycles. The first-order chi connectivity index (χ1) is 8.28. The molecule has 2 rings (SSSR count). The lowest BCUT2D eigenvalue weighted by molar-refractivity contribution is -0.121. The van der Waals surface area contributed by atoms with Gasteiger partial charge in [0.05, 0.1) is 12.1 Å². The van der Waals surface area contributed by atoms with Gasteiger partial charge in [0.1, 0.15) is 5.01 Å². The lowest BCUT2D eigenvalue weighted by Crippen LogP contribution is -2.43. The molecular weight excluding hydrogens is 236 g/mol. The van der Waals surface area contributed by atoms with Crippen LogP contribution in [0.5, 0.6) is 0 Å². The second-order valence-corrected chi connectivity index (χ2v) is 5.15. The van der Waals surface area contributed by atoms with E-state index in [1.54, 1.807) is 0 Å². The Morgan fingerprint density at radius 1 is 1.59 bits per heavy atom. The number of nitrogens with one attached hydrogen (secondary N) is 2. The SMILES string of the molecule is NCc1nc(CC(=O)NC2CCNCC2)cs1. The fourth-order valence-electron chi connectivity index (χ4n) is 1.93. The van der Waals surface area contributed by atoms with Gasteiger partial charge in [0, 0.05) is 18.0 Å². The molecule has 6 heteroatoms. The summed E-state index contributed by atoms with van der Waals surface area (Å²) in [6, 6.07) is 0.316. The predicted octanol–water partition coefficient (Wildman–Crippen LogP) is 0.0125. The fraction of sp³-hybridized carbons (Fsp3) is 0.636. The van der Waals surface area contributed by atoms with Crippen LogP contribution in [0.15, 0.2) is 5.38 Å². The van der Waals surface area contributed by atoms with E-state index in [1.807, 2.05) is 5.38 Å². The molecule has 0 radical (unpaired) electrons. The van der Waals surface area contributed by atoms with Crippen LogP contribution in [0.25, 0.3) is 0 Å². The van der Waals surface area contributed by atoms with E-state index in [4.69, 9.17) is 5.73 Å². The van der Waals surface area contributed by atoms with E-state index in [2.05, 4.69) is 15.6 Å². The molecule has 5 nitrogen and oxygen atoms in total. The van der Waals surface area contributed by atoms with Crippen molar-refractivity contribution in [2.45, 2.75) is 31.8 Å². The van der Waals surface area contributed by atoms with Crippen LogP contribution >= 0.6 is 11.3 Å². The van der Waals surface area contributed by atoms with Gasteiger partial charge in [-0.1, -0.05) is 0 Å². The number of carbonyl (C=O) groups is 1. The number of hydrogen-bond donors (Lipinski definition) is 3. The van der Waals surface area contributed by atoms with Crippen molar-refractivity contribution in [2.75, 3.05) is 13.1 Å². The van der Waals surface area contributed by atoms with Crippen molar-refractivity contribution in [3.05, 3.63) is 16.1 Å². The van der Waals surface area contributed by atoms with E-state index in [-0.39, 0.29) is 5.91 Å². The molecule has 1 fully saturated rings. The molecule has 0 spiro atoms. The van der Waals surface area contributed by atoms with Gasteiger partial charge in [-0.2, -0.15) is 0 Å². The van der Waals surface area contributed by atoms with Crippen molar-refractivity contribution < 1.29 is 4.79 Å². The van der Waals surface area contributed by atoms with E-state index in [1.165, 1.54) is 11.3 Å². The van der Waals surface area contributed by atoms with Gasteiger partial charge in [0.25, 0.3) is 0 Å². The fourth-order valence-corrected chi connectivity index (χ4v) is 2.61. The Balaban J connectivity index is 1.79. The molecule has 0 unspecified atom stereocenters. The van der Waals surface area contributed by atoms with Crippen LogP contribution in [-0.2, 0) is 17.8 Å². The summed E-state index contributed by atoms with van der Waals surface area (Å²) in [6.07, 6.45) is 2.38. The van der Waals surface area contributed by atoms with Crippen LogP contribution in [0.4, 0.5) is 0 Å². The van der Waals surface area contributed by atoms with Crippen LogP contribution in [0.1, 0.15) is 23.5 Å². The quantitative estimate of drug-likeness (QED) is 0.707. The van der Waals surface area contributed by atoms with Crippen LogP contribution in [-0.4, -0.2) is 30.0 Å². The molecule has 1 saturated heterocycles. The average molecular weight is 254 g/mol. The third-order valence-electron chi connectivity index (χ3n) is 2.82. The van der Waals surface area contributed by atoms with Crippen molar-refractivity contribution in [1.82, 2.24) is 15.6 Å². The molecule has 94 valence electrons. The molecule has 0 bridgehead atoms. The van der Waals surface area contributed by atoms with Gasteiger partial charge in [-0.3, -0.25) is 4.79 Å². The molecule has 1 aromatic rings. The lowest BCUT2D eigenvalue weighted by Gasteiger charge is -2.23. The van der Waals surface area contributed by atoms with E-state index in [0.717, 1.165) is 36.6 Å². The number of aromatic nitrogens is 1. The zero-order valence-corrected chi connectivity index (χ0v) is 10.6. The monoisotopic (exact) mass is 254 g/mol. The molecule has 1 aliphatic rings. The summed E-state index contributed by atoms with van der Waals surface area (Å²) in [6.45, 7) is 2.42.